The molecule has 2 N–H and O–H groups in total. The van der Waals surface area contributed by atoms with E-state index in [4.69, 9.17) is 9.84 Å². The third-order valence-electron chi connectivity index (χ3n) is 3.98. The van der Waals surface area contributed by atoms with E-state index < -0.39 is 12.1 Å². The number of aliphatic carboxylic acids is 1. The fourth-order valence-corrected chi connectivity index (χ4v) is 2.76. The van der Waals surface area contributed by atoms with Gasteiger partial charge in [0, 0.05) is 25.7 Å². The smallest absolute Gasteiger partial charge is 0.326 e. The van der Waals surface area contributed by atoms with Gasteiger partial charge in [0.2, 0.25) is 0 Å². The van der Waals surface area contributed by atoms with Crippen molar-refractivity contribution in [3.05, 3.63) is 34.2 Å². The fraction of sp³-hybridized carbons (Fsp3) is 0.400. The van der Waals surface area contributed by atoms with Crippen LogP contribution in [0.1, 0.15) is 16.8 Å². The molecule has 1 aliphatic rings. The molecule has 1 atom stereocenters. The lowest BCUT2D eigenvalue weighted by Crippen LogP contribution is -2.46. The van der Waals surface area contributed by atoms with Crippen molar-refractivity contribution in [1.82, 2.24) is 14.5 Å². The molecule has 122 valence electrons. The van der Waals surface area contributed by atoms with E-state index in [1.165, 1.54) is 4.57 Å². The van der Waals surface area contributed by atoms with Crippen molar-refractivity contribution < 1.29 is 19.4 Å². The third-order valence-corrected chi connectivity index (χ3v) is 3.98. The van der Waals surface area contributed by atoms with E-state index in [1.807, 2.05) is 0 Å². The number of fused-ring (bicyclic) bond motifs is 1. The number of benzene rings is 1. The summed E-state index contributed by atoms with van der Waals surface area (Å²) in [4.78, 5) is 39.3. The Morgan fingerprint density at radius 2 is 2.22 bits per heavy atom. The van der Waals surface area contributed by atoms with Crippen LogP contribution in [-0.4, -0.2) is 57.2 Å². The van der Waals surface area contributed by atoms with Gasteiger partial charge in [0.1, 0.15) is 0 Å². The lowest BCUT2D eigenvalue weighted by molar-refractivity contribution is -0.141. The number of nitrogens with one attached hydrogen (secondary N) is 1. The van der Waals surface area contributed by atoms with E-state index in [0.717, 1.165) is 0 Å². The molecule has 0 spiro atoms. The van der Waals surface area contributed by atoms with Gasteiger partial charge in [-0.15, -0.1) is 0 Å². The molecule has 1 saturated heterocycles. The monoisotopic (exact) mass is 319 g/mol. The van der Waals surface area contributed by atoms with E-state index in [-0.39, 0.29) is 24.6 Å². The number of imidazole rings is 1. The van der Waals surface area contributed by atoms with Crippen molar-refractivity contribution in [3.8, 4) is 0 Å². The zero-order valence-corrected chi connectivity index (χ0v) is 12.6. The summed E-state index contributed by atoms with van der Waals surface area (Å²) in [7, 11) is 1.63. The Bertz CT molecular complexity index is 822. The number of carboxylic acids is 1. The molecule has 8 nitrogen and oxygen atoms in total. The molecule has 2 heterocycles. The second-order valence-corrected chi connectivity index (χ2v) is 5.56. The number of morpholine rings is 1. The highest BCUT2D eigenvalue weighted by molar-refractivity contribution is 5.97. The maximum absolute atomic E-state index is 12.6. The number of carboxylic acid groups (broad SMARTS) is 1. The van der Waals surface area contributed by atoms with Gasteiger partial charge in [-0.05, 0) is 18.2 Å². The number of aromatic nitrogens is 2. The number of aryl methyl sites for hydroxylation is 1. The fourth-order valence-electron chi connectivity index (χ4n) is 2.76. The Morgan fingerprint density at radius 3 is 2.96 bits per heavy atom. The maximum Gasteiger partial charge on any atom is 0.326 e. The van der Waals surface area contributed by atoms with Gasteiger partial charge in [0.05, 0.1) is 30.2 Å². The summed E-state index contributed by atoms with van der Waals surface area (Å²) >= 11 is 0. The van der Waals surface area contributed by atoms with Crippen LogP contribution in [0.4, 0.5) is 0 Å². The quantitative estimate of drug-likeness (QED) is 0.840. The summed E-state index contributed by atoms with van der Waals surface area (Å²) < 4.78 is 6.82. The molecule has 0 saturated carbocycles. The summed E-state index contributed by atoms with van der Waals surface area (Å²) in [6, 6.07) is 5.01. The molecular weight excluding hydrogens is 302 g/mol. The van der Waals surface area contributed by atoms with E-state index in [0.29, 0.717) is 29.7 Å². The summed E-state index contributed by atoms with van der Waals surface area (Å²) in [5, 5.41) is 8.84. The van der Waals surface area contributed by atoms with Gasteiger partial charge in [0.15, 0.2) is 0 Å². The first kappa shape index (κ1) is 15.3. The molecule has 23 heavy (non-hydrogen) atoms. The normalized spacial score (nSPS) is 18.3. The number of rotatable bonds is 3. The average Bonchev–Trinajstić information content (AvgIpc) is 2.81. The largest absolute Gasteiger partial charge is 0.481 e. The molecule has 1 amide bonds. The molecule has 1 fully saturated rings. The summed E-state index contributed by atoms with van der Waals surface area (Å²) in [5.41, 5.74) is 1.54. The van der Waals surface area contributed by atoms with E-state index in [2.05, 4.69) is 4.98 Å². The van der Waals surface area contributed by atoms with E-state index >= 15 is 0 Å². The highest BCUT2D eigenvalue weighted by Crippen LogP contribution is 2.16. The number of nitrogens with zero attached hydrogens (tertiary/aromatic N) is 2. The van der Waals surface area contributed by atoms with Crippen LogP contribution >= 0.6 is 0 Å². The molecule has 0 radical (unpaired) electrons. The van der Waals surface area contributed by atoms with Crippen LogP contribution in [0.15, 0.2) is 23.0 Å². The highest BCUT2D eigenvalue weighted by Gasteiger charge is 2.26. The summed E-state index contributed by atoms with van der Waals surface area (Å²) in [6.07, 6.45) is -0.625. The maximum atomic E-state index is 12.6. The van der Waals surface area contributed by atoms with Crippen LogP contribution in [-0.2, 0) is 16.6 Å². The zero-order valence-electron chi connectivity index (χ0n) is 12.6. The summed E-state index contributed by atoms with van der Waals surface area (Å²) in [5.74, 6) is -1.15. The highest BCUT2D eigenvalue weighted by atomic mass is 16.5. The van der Waals surface area contributed by atoms with Crippen LogP contribution in [0.5, 0.6) is 0 Å². The van der Waals surface area contributed by atoms with Gasteiger partial charge in [-0.3, -0.25) is 14.2 Å². The molecule has 0 aliphatic carbocycles. The Hall–Kier alpha value is -2.61. The topological polar surface area (TPSA) is 105 Å². The number of carbonyl (C=O) groups is 2. The van der Waals surface area contributed by atoms with Crippen LogP contribution in [0.25, 0.3) is 11.0 Å². The van der Waals surface area contributed by atoms with Crippen molar-refractivity contribution in [2.24, 2.45) is 7.05 Å². The first-order chi connectivity index (χ1) is 11.0. The Kier molecular flexibility index (Phi) is 3.91. The van der Waals surface area contributed by atoms with Crippen LogP contribution in [0.2, 0.25) is 0 Å². The molecule has 1 aromatic carbocycles. The molecule has 1 aromatic heterocycles. The third kappa shape index (κ3) is 2.98. The number of carbonyl (C=O) groups excluding carboxylic acids is 1. The number of hydrogen-bond donors (Lipinski definition) is 2. The Labute approximate surface area is 131 Å². The second-order valence-electron chi connectivity index (χ2n) is 5.56. The standard InChI is InChI=1S/C15H17N3O5/c1-17-12-6-9(2-3-11(12)16-15(17)22)14(21)18-4-5-23-10(8-18)7-13(19)20/h2-3,6,10H,4-5,7-8H2,1H3,(H,16,22)(H,19,20). The minimum Gasteiger partial charge on any atom is -0.481 e. The predicted molar refractivity (Wildman–Crippen MR) is 81.4 cm³/mol. The summed E-state index contributed by atoms with van der Waals surface area (Å²) in [6.45, 7) is 0.975. The van der Waals surface area contributed by atoms with E-state index in [1.54, 1.807) is 30.1 Å². The zero-order chi connectivity index (χ0) is 16.6. The van der Waals surface area contributed by atoms with Gasteiger partial charge in [-0.1, -0.05) is 0 Å². The Balaban J connectivity index is 1.83. The number of amides is 1. The first-order valence-corrected chi connectivity index (χ1v) is 7.27. The van der Waals surface area contributed by atoms with Crippen LogP contribution < -0.4 is 5.69 Å². The molecule has 0 bridgehead atoms. The molecule has 3 rings (SSSR count). The van der Waals surface area contributed by atoms with Crippen LogP contribution in [0, 0.1) is 0 Å². The Morgan fingerprint density at radius 1 is 1.43 bits per heavy atom. The minimum absolute atomic E-state index is 0.130. The van der Waals surface area contributed by atoms with Crippen molar-refractivity contribution in [2.75, 3.05) is 19.7 Å². The van der Waals surface area contributed by atoms with Gasteiger partial charge in [-0.25, -0.2) is 4.79 Å². The lowest BCUT2D eigenvalue weighted by Gasteiger charge is -2.32. The first-order valence-electron chi connectivity index (χ1n) is 7.27. The second kappa shape index (κ2) is 5.88. The molecule has 2 aromatic rings. The molecular formula is C15H17N3O5. The van der Waals surface area contributed by atoms with Crippen molar-refractivity contribution >= 4 is 22.9 Å². The lowest BCUT2D eigenvalue weighted by atomic mass is 10.1. The van der Waals surface area contributed by atoms with Gasteiger partial charge < -0.3 is 19.7 Å². The van der Waals surface area contributed by atoms with E-state index in [9.17, 15) is 14.4 Å². The number of ether oxygens (including phenoxy) is 1. The molecule has 8 heteroatoms. The van der Waals surface area contributed by atoms with Crippen molar-refractivity contribution in [3.63, 3.8) is 0 Å². The average molecular weight is 319 g/mol. The van der Waals surface area contributed by atoms with Gasteiger partial charge >= 0.3 is 11.7 Å². The van der Waals surface area contributed by atoms with Crippen molar-refractivity contribution in [2.45, 2.75) is 12.5 Å². The minimum atomic E-state index is -0.951. The van der Waals surface area contributed by atoms with Crippen molar-refractivity contribution in [1.29, 1.82) is 0 Å². The van der Waals surface area contributed by atoms with Crippen LogP contribution in [0.3, 0.4) is 0 Å². The molecule has 1 unspecified atom stereocenters. The van der Waals surface area contributed by atoms with Gasteiger partial charge in [-0.2, -0.15) is 0 Å². The number of aromatic amines is 1. The SMILES string of the molecule is Cn1c(=O)[nH]c2ccc(C(=O)N3CCOC(CC(=O)O)C3)cc21. The molecule has 1 aliphatic heterocycles. The predicted octanol–water partition coefficient (Wildman–Crippen LogP) is 0.182. The van der Waals surface area contributed by atoms with Gasteiger partial charge in [0.25, 0.3) is 5.91 Å². The number of hydrogen-bond acceptors (Lipinski definition) is 4. The number of H-pyrrole nitrogens is 1.